The molecule has 0 bridgehead atoms. The summed E-state index contributed by atoms with van der Waals surface area (Å²) in [6, 6.07) is 14.3. The van der Waals surface area contributed by atoms with Crippen molar-refractivity contribution >= 4 is 21.6 Å². The number of rotatable bonds is 3. The highest BCUT2D eigenvalue weighted by Gasteiger charge is 2.08. The van der Waals surface area contributed by atoms with E-state index < -0.39 is 0 Å². The minimum atomic E-state index is -0.272. The summed E-state index contributed by atoms with van der Waals surface area (Å²) in [7, 11) is 1.88. The van der Waals surface area contributed by atoms with Gasteiger partial charge in [0, 0.05) is 18.1 Å². The molecule has 0 aliphatic carbocycles. The Morgan fingerprint density at radius 3 is 2.68 bits per heavy atom. The number of para-hydroxylation sites is 1. The molecule has 19 heavy (non-hydrogen) atoms. The van der Waals surface area contributed by atoms with Crippen LogP contribution in [0.3, 0.4) is 0 Å². The van der Waals surface area contributed by atoms with E-state index in [1.807, 2.05) is 36.2 Å². The summed E-state index contributed by atoms with van der Waals surface area (Å²) >= 11 is 3.28. The molecule has 0 aliphatic rings. The normalized spacial score (nSPS) is 10.0. The second kappa shape index (κ2) is 5.85. The fourth-order valence-corrected chi connectivity index (χ4v) is 2.48. The smallest absolute Gasteiger partial charge is 0.124 e. The molecule has 0 spiro atoms. The molecule has 2 aromatic rings. The summed E-state index contributed by atoms with van der Waals surface area (Å²) < 4.78 is 14.0. The zero-order valence-electron chi connectivity index (χ0n) is 10.4. The Labute approximate surface area is 120 Å². The zero-order valence-corrected chi connectivity index (χ0v) is 12.0. The van der Waals surface area contributed by atoms with Gasteiger partial charge >= 0.3 is 0 Å². The van der Waals surface area contributed by atoms with Crippen molar-refractivity contribution in [1.29, 1.82) is 5.26 Å². The van der Waals surface area contributed by atoms with Crippen molar-refractivity contribution in [3.8, 4) is 6.07 Å². The molecule has 0 saturated carbocycles. The van der Waals surface area contributed by atoms with Crippen molar-refractivity contribution in [3.63, 3.8) is 0 Å². The number of nitrogens with zero attached hydrogens (tertiary/aromatic N) is 2. The Bertz CT molecular complexity index is 614. The molecule has 0 fully saturated rings. The van der Waals surface area contributed by atoms with Crippen LogP contribution in [0.15, 0.2) is 46.9 Å². The zero-order chi connectivity index (χ0) is 13.8. The van der Waals surface area contributed by atoms with Gasteiger partial charge < -0.3 is 4.90 Å². The largest absolute Gasteiger partial charge is 0.369 e. The molecular formula is C15H12BrFN2. The minimum absolute atomic E-state index is 0.272. The predicted molar refractivity (Wildman–Crippen MR) is 77.4 cm³/mol. The minimum Gasteiger partial charge on any atom is -0.369 e. The van der Waals surface area contributed by atoms with Crippen LogP contribution >= 0.6 is 15.9 Å². The molecule has 0 aliphatic heterocycles. The van der Waals surface area contributed by atoms with Crippen molar-refractivity contribution in [1.82, 2.24) is 0 Å². The summed E-state index contributed by atoms with van der Waals surface area (Å²) in [6.07, 6.45) is 0. The van der Waals surface area contributed by atoms with Crippen LogP contribution in [0.25, 0.3) is 0 Å². The quantitative estimate of drug-likeness (QED) is 0.852. The van der Waals surface area contributed by atoms with Crippen LogP contribution in [-0.2, 0) is 6.54 Å². The summed E-state index contributed by atoms with van der Waals surface area (Å²) in [5, 5.41) is 9.08. The van der Waals surface area contributed by atoms with Gasteiger partial charge in [-0.25, -0.2) is 4.39 Å². The summed E-state index contributed by atoms with van der Waals surface area (Å²) in [5.41, 5.74) is 2.30. The first kappa shape index (κ1) is 13.6. The van der Waals surface area contributed by atoms with Crippen LogP contribution in [0.1, 0.15) is 11.1 Å². The van der Waals surface area contributed by atoms with Gasteiger partial charge in [0.15, 0.2) is 0 Å². The lowest BCUT2D eigenvalue weighted by Crippen LogP contribution is -2.17. The topological polar surface area (TPSA) is 27.0 Å². The van der Waals surface area contributed by atoms with Crippen LogP contribution in [-0.4, -0.2) is 7.05 Å². The van der Waals surface area contributed by atoms with E-state index in [2.05, 4.69) is 22.0 Å². The Morgan fingerprint density at radius 2 is 2.00 bits per heavy atom. The van der Waals surface area contributed by atoms with Gasteiger partial charge in [0.2, 0.25) is 0 Å². The first-order chi connectivity index (χ1) is 9.10. The van der Waals surface area contributed by atoms with Gasteiger partial charge in [0.25, 0.3) is 0 Å². The lowest BCUT2D eigenvalue weighted by molar-refractivity contribution is 0.624. The monoisotopic (exact) mass is 318 g/mol. The van der Waals surface area contributed by atoms with E-state index in [1.165, 1.54) is 12.1 Å². The standard InChI is InChI=1S/C15H12BrFN2/c1-19(15-5-3-2-4-12(15)9-18)10-11-6-13(16)8-14(17)7-11/h2-8H,10H2,1H3. The molecule has 2 rings (SSSR count). The first-order valence-corrected chi connectivity index (χ1v) is 6.54. The molecular weight excluding hydrogens is 307 g/mol. The number of hydrogen-bond acceptors (Lipinski definition) is 2. The third-order valence-corrected chi connectivity index (χ3v) is 3.24. The fourth-order valence-electron chi connectivity index (χ4n) is 1.96. The molecule has 0 aromatic heterocycles. The van der Waals surface area contributed by atoms with Crippen LogP contribution in [0.2, 0.25) is 0 Å². The number of nitriles is 1. The number of hydrogen-bond donors (Lipinski definition) is 0. The van der Waals surface area contributed by atoms with Gasteiger partial charge in [-0.3, -0.25) is 0 Å². The first-order valence-electron chi connectivity index (χ1n) is 5.75. The van der Waals surface area contributed by atoms with Crippen molar-refractivity contribution < 1.29 is 4.39 Å². The molecule has 0 N–H and O–H groups in total. The van der Waals surface area contributed by atoms with Crippen LogP contribution in [0, 0.1) is 17.1 Å². The Balaban J connectivity index is 2.26. The number of halogens is 2. The van der Waals surface area contributed by atoms with Crippen molar-refractivity contribution in [3.05, 3.63) is 63.9 Å². The van der Waals surface area contributed by atoms with E-state index in [4.69, 9.17) is 5.26 Å². The molecule has 2 aromatic carbocycles. The number of benzene rings is 2. The second-order valence-electron chi connectivity index (χ2n) is 4.26. The van der Waals surface area contributed by atoms with Crippen LogP contribution < -0.4 is 4.90 Å². The Morgan fingerprint density at radius 1 is 1.26 bits per heavy atom. The van der Waals surface area contributed by atoms with E-state index in [-0.39, 0.29) is 5.82 Å². The van der Waals surface area contributed by atoms with E-state index in [0.717, 1.165) is 11.3 Å². The molecule has 0 radical (unpaired) electrons. The molecule has 0 atom stereocenters. The van der Waals surface area contributed by atoms with Crippen LogP contribution in [0.4, 0.5) is 10.1 Å². The molecule has 96 valence electrons. The lowest BCUT2D eigenvalue weighted by atomic mass is 10.1. The molecule has 0 amide bonds. The Hall–Kier alpha value is -1.86. The van der Waals surface area contributed by atoms with Gasteiger partial charge in [-0.05, 0) is 35.9 Å². The van der Waals surface area contributed by atoms with E-state index >= 15 is 0 Å². The predicted octanol–water partition coefficient (Wildman–Crippen LogP) is 4.10. The average molecular weight is 319 g/mol. The third-order valence-electron chi connectivity index (χ3n) is 2.78. The van der Waals surface area contributed by atoms with Gasteiger partial charge in [0.1, 0.15) is 11.9 Å². The maximum absolute atomic E-state index is 13.3. The maximum atomic E-state index is 13.3. The highest BCUT2D eigenvalue weighted by Crippen LogP contribution is 2.22. The third kappa shape index (κ3) is 3.33. The van der Waals surface area contributed by atoms with Crippen molar-refractivity contribution in [2.45, 2.75) is 6.54 Å². The van der Waals surface area contributed by atoms with E-state index in [0.29, 0.717) is 16.6 Å². The molecule has 0 heterocycles. The van der Waals surface area contributed by atoms with Gasteiger partial charge in [-0.15, -0.1) is 0 Å². The van der Waals surface area contributed by atoms with Gasteiger partial charge in [-0.2, -0.15) is 5.26 Å². The SMILES string of the molecule is CN(Cc1cc(F)cc(Br)c1)c1ccccc1C#N. The summed E-state index contributed by atoms with van der Waals surface area (Å²) in [6.45, 7) is 0.537. The van der Waals surface area contributed by atoms with Gasteiger partial charge in [-0.1, -0.05) is 28.1 Å². The fraction of sp³-hybridized carbons (Fsp3) is 0.133. The summed E-state index contributed by atoms with van der Waals surface area (Å²) in [4.78, 5) is 1.93. The second-order valence-corrected chi connectivity index (χ2v) is 5.18. The van der Waals surface area contributed by atoms with Crippen LogP contribution in [0.5, 0.6) is 0 Å². The molecule has 0 unspecified atom stereocenters. The van der Waals surface area contributed by atoms with E-state index in [9.17, 15) is 4.39 Å². The van der Waals surface area contributed by atoms with Crippen molar-refractivity contribution in [2.24, 2.45) is 0 Å². The molecule has 4 heteroatoms. The average Bonchev–Trinajstić information content (AvgIpc) is 2.37. The number of anilines is 1. The summed E-state index contributed by atoms with van der Waals surface area (Å²) in [5.74, 6) is -0.272. The van der Waals surface area contributed by atoms with Gasteiger partial charge in [0.05, 0.1) is 11.3 Å². The van der Waals surface area contributed by atoms with E-state index in [1.54, 1.807) is 6.07 Å². The molecule has 2 nitrogen and oxygen atoms in total. The van der Waals surface area contributed by atoms with Crippen molar-refractivity contribution in [2.75, 3.05) is 11.9 Å². The highest BCUT2D eigenvalue weighted by atomic mass is 79.9. The highest BCUT2D eigenvalue weighted by molar-refractivity contribution is 9.10. The maximum Gasteiger partial charge on any atom is 0.124 e. The Kier molecular flexibility index (Phi) is 4.18. The lowest BCUT2D eigenvalue weighted by Gasteiger charge is -2.20. The molecule has 0 saturated heterocycles.